The van der Waals surface area contributed by atoms with Crippen molar-refractivity contribution in [2.45, 2.75) is 31.8 Å². The Morgan fingerprint density at radius 1 is 1.21 bits per heavy atom. The van der Waals surface area contributed by atoms with Gasteiger partial charge in [0, 0.05) is 36.4 Å². The molecule has 104 valence electrons. The van der Waals surface area contributed by atoms with Gasteiger partial charge in [0.15, 0.2) is 0 Å². The monoisotopic (exact) mass is 279 g/mol. The zero-order valence-electron chi connectivity index (χ0n) is 11.3. The molecule has 0 amide bonds. The van der Waals surface area contributed by atoms with Gasteiger partial charge in [-0.05, 0) is 56.1 Å². The Balaban J connectivity index is 1.60. The Kier molecular flexibility index (Phi) is 3.96. The third-order valence-electron chi connectivity index (χ3n) is 4.40. The van der Waals surface area contributed by atoms with E-state index in [1.807, 2.05) is 18.2 Å². The molecule has 2 aliphatic heterocycles. The lowest BCUT2D eigenvalue weighted by molar-refractivity contribution is 0.230. The summed E-state index contributed by atoms with van der Waals surface area (Å²) in [4.78, 5) is 5.16. The Bertz CT molecular complexity index is 443. The SMILES string of the molecule is Nc1ccc(Cl)cc1CN1CCC(N2CCCC2)C1. The maximum Gasteiger partial charge on any atom is 0.0410 e. The summed E-state index contributed by atoms with van der Waals surface area (Å²) in [5, 5.41) is 0.777. The van der Waals surface area contributed by atoms with E-state index in [4.69, 9.17) is 17.3 Å². The van der Waals surface area contributed by atoms with Crippen LogP contribution in [-0.2, 0) is 6.54 Å². The van der Waals surface area contributed by atoms with Crippen molar-refractivity contribution in [3.63, 3.8) is 0 Å². The van der Waals surface area contributed by atoms with Crippen molar-refractivity contribution < 1.29 is 0 Å². The highest BCUT2D eigenvalue weighted by Crippen LogP contribution is 2.24. The van der Waals surface area contributed by atoms with E-state index in [9.17, 15) is 0 Å². The molecule has 1 aromatic carbocycles. The van der Waals surface area contributed by atoms with E-state index >= 15 is 0 Å². The Labute approximate surface area is 120 Å². The van der Waals surface area contributed by atoms with Crippen molar-refractivity contribution in [3.05, 3.63) is 28.8 Å². The fraction of sp³-hybridized carbons (Fsp3) is 0.600. The number of anilines is 1. The summed E-state index contributed by atoms with van der Waals surface area (Å²) in [6.07, 6.45) is 4.04. The number of halogens is 1. The Morgan fingerprint density at radius 2 is 2.00 bits per heavy atom. The molecule has 1 unspecified atom stereocenters. The second-order valence-corrected chi connectivity index (χ2v) is 6.20. The van der Waals surface area contributed by atoms with Crippen LogP contribution in [0.15, 0.2) is 18.2 Å². The molecule has 19 heavy (non-hydrogen) atoms. The van der Waals surface area contributed by atoms with E-state index in [1.165, 1.54) is 45.4 Å². The number of likely N-dealkylation sites (tertiary alicyclic amines) is 2. The van der Waals surface area contributed by atoms with Crippen molar-refractivity contribution in [3.8, 4) is 0 Å². The summed E-state index contributed by atoms with van der Waals surface area (Å²) in [7, 11) is 0. The number of nitrogen functional groups attached to an aromatic ring is 1. The second-order valence-electron chi connectivity index (χ2n) is 5.76. The molecule has 2 N–H and O–H groups in total. The van der Waals surface area contributed by atoms with Crippen molar-refractivity contribution in [1.82, 2.24) is 9.80 Å². The first-order valence-electron chi connectivity index (χ1n) is 7.23. The van der Waals surface area contributed by atoms with Crippen molar-refractivity contribution in [2.75, 3.05) is 31.9 Å². The first kappa shape index (κ1) is 13.2. The van der Waals surface area contributed by atoms with E-state index in [1.54, 1.807) is 0 Å². The van der Waals surface area contributed by atoms with Crippen LogP contribution in [0.3, 0.4) is 0 Å². The molecule has 0 aromatic heterocycles. The predicted molar refractivity (Wildman–Crippen MR) is 80.4 cm³/mol. The fourth-order valence-electron chi connectivity index (χ4n) is 3.31. The molecular formula is C15H22ClN3. The molecule has 2 saturated heterocycles. The largest absolute Gasteiger partial charge is 0.398 e. The second kappa shape index (κ2) is 5.70. The van der Waals surface area contributed by atoms with Crippen LogP contribution in [0.5, 0.6) is 0 Å². The summed E-state index contributed by atoms with van der Waals surface area (Å²) in [5.74, 6) is 0. The molecule has 0 bridgehead atoms. The third kappa shape index (κ3) is 3.04. The van der Waals surface area contributed by atoms with Crippen LogP contribution in [0.1, 0.15) is 24.8 Å². The number of nitrogens with two attached hydrogens (primary N) is 1. The van der Waals surface area contributed by atoms with E-state index in [0.717, 1.165) is 28.9 Å². The fourth-order valence-corrected chi connectivity index (χ4v) is 3.51. The summed E-state index contributed by atoms with van der Waals surface area (Å²) < 4.78 is 0. The topological polar surface area (TPSA) is 32.5 Å². The quantitative estimate of drug-likeness (QED) is 0.864. The summed E-state index contributed by atoms with van der Waals surface area (Å²) >= 11 is 6.05. The lowest BCUT2D eigenvalue weighted by Crippen LogP contribution is -2.35. The van der Waals surface area contributed by atoms with Crippen molar-refractivity contribution in [1.29, 1.82) is 0 Å². The lowest BCUT2D eigenvalue weighted by Gasteiger charge is -2.24. The highest BCUT2D eigenvalue weighted by Gasteiger charge is 2.29. The Morgan fingerprint density at radius 3 is 2.79 bits per heavy atom. The van der Waals surface area contributed by atoms with Crippen LogP contribution < -0.4 is 5.73 Å². The van der Waals surface area contributed by atoms with Gasteiger partial charge in [-0.3, -0.25) is 9.80 Å². The van der Waals surface area contributed by atoms with E-state index in [-0.39, 0.29) is 0 Å². The van der Waals surface area contributed by atoms with Crippen LogP contribution in [-0.4, -0.2) is 42.0 Å². The highest BCUT2D eigenvalue weighted by atomic mass is 35.5. The first-order chi connectivity index (χ1) is 9.22. The molecule has 2 heterocycles. The van der Waals surface area contributed by atoms with Gasteiger partial charge in [-0.1, -0.05) is 11.6 Å². The number of rotatable bonds is 3. The Hall–Kier alpha value is -0.770. The molecule has 2 aliphatic rings. The molecule has 3 nitrogen and oxygen atoms in total. The van der Waals surface area contributed by atoms with Gasteiger partial charge in [-0.15, -0.1) is 0 Å². The number of hydrogen-bond donors (Lipinski definition) is 1. The van der Waals surface area contributed by atoms with E-state index < -0.39 is 0 Å². The predicted octanol–water partition coefficient (Wildman–Crippen LogP) is 2.59. The summed E-state index contributed by atoms with van der Waals surface area (Å²) in [6.45, 7) is 5.85. The average molecular weight is 280 g/mol. The molecule has 4 heteroatoms. The van der Waals surface area contributed by atoms with Gasteiger partial charge in [0.25, 0.3) is 0 Å². The number of hydrogen-bond acceptors (Lipinski definition) is 3. The van der Waals surface area contributed by atoms with Gasteiger partial charge >= 0.3 is 0 Å². The lowest BCUT2D eigenvalue weighted by atomic mass is 10.1. The molecule has 0 saturated carbocycles. The van der Waals surface area contributed by atoms with Crippen LogP contribution in [0.4, 0.5) is 5.69 Å². The van der Waals surface area contributed by atoms with Gasteiger partial charge in [-0.2, -0.15) is 0 Å². The average Bonchev–Trinajstić information content (AvgIpc) is 3.04. The smallest absolute Gasteiger partial charge is 0.0410 e. The summed E-state index contributed by atoms with van der Waals surface area (Å²) in [6, 6.07) is 6.52. The maximum absolute atomic E-state index is 6.05. The number of benzene rings is 1. The van der Waals surface area contributed by atoms with Gasteiger partial charge in [-0.25, -0.2) is 0 Å². The minimum Gasteiger partial charge on any atom is -0.398 e. The van der Waals surface area contributed by atoms with Gasteiger partial charge in [0.2, 0.25) is 0 Å². The molecule has 0 radical (unpaired) electrons. The molecule has 1 atom stereocenters. The molecule has 1 aromatic rings. The summed E-state index contributed by atoms with van der Waals surface area (Å²) in [5.41, 5.74) is 8.05. The van der Waals surface area contributed by atoms with E-state index in [2.05, 4.69) is 9.80 Å². The van der Waals surface area contributed by atoms with Crippen molar-refractivity contribution in [2.24, 2.45) is 0 Å². The van der Waals surface area contributed by atoms with Crippen LogP contribution in [0.2, 0.25) is 5.02 Å². The van der Waals surface area contributed by atoms with Gasteiger partial charge < -0.3 is 5.73 Å². The van der Waals surface area contributed by atoms with Crippen molar-refractivity contribution >= 4 is 17.3 Å². The van der Waals surface area contributed by atoms with Gasteiger partial charge in [0.05, 0.1) is 0 Å². The molecule has 0 aliphatic carbocycles. The van der Waals surface area contributed by atoms with Crippen LogP contribution in [0, 0.1) is 0 Å². The third-order valence-corrected chi connectivity index (χ3v) is 4.64. The minimum atomic E-state index is 0.753. The normalized spacial score (nSPS) is 25.2. The maximum atomic E-state index is 6.05. The standard InChI is InChI=1S/C15H22ClN3/c16-13-3-4-15(17)12(9-13)10-18-8-5-14(11-18)19-6-1-2-7-19/h3-4,9,14H,1-2,5-8,10-11,17H2. The van der Waals surface area contributed by atoms with Gasteiger partial charge in [0.1, 0.15) is 0 Å². The molecular weight excluding hydrogens is 258 g/mol. The molecule has 3 rings (SSSR count). The highest BCUT2D eigenvalue weighted by molar-refractivity contribution is 6.30. The van der Waals surface area contributed by atoms with Crippen LogP contribution >= 0.6 is 11.6 Å². The van der Waals surface area contributed by atoms with Crippen LogP contribution in [0.25, 0.3) is 0 Å². The number of nitrogens with zero attached hydrogens (tertiary/aromatic N) is 2. The zero-order chi connectivity index (χ0) is 13.2. The zero-order valence-corrected chi connectivity index (χ0v) is 12.1. The first-order valence-corrected chi connectivity index (χ1v) is 7.60. The van der Waals surface area contributed by atoms with E-state index in [0.29, 0.717) is 0 Å². The molecule has 2 fully saturated rings. The minimum absolute atomic E-state index is 0.753. The molecule has 0 spiro atoms.